The second-order valence-electron chi connectivity index (χ2n) is 9.46. The molecule has 0 unspecified atom stereocenters. The third-order valence-corrected chi connectivity index (χ3v) is 5.49. The van der Waals surface area contributed by atoms with Crippen LogP contribution >= 0.6 is 0 Å². The highest BCUT2D eigenvalue weighted by Crippen LogP contribution is 2.29. The van der Waals surface area contributed by atoms with Gasteiger partial charge in [-0.2, -0.15) is 0 Å². The van der Waals surface area contributed by atoms with Crippen LogP contribution in [-0.4, -0.2) is 56.5 Å². The molecule has 2 atom stereocenters. The van der Waals surface area contributed by atoms with Gasteiger partial charge in [0, 0.05) is 25.5 Å². The summed E-state index contributed by atoms with van der Waals surface area (Å²) in [4.78, 5) is 31.4. The fourth-order valence-corrected chi connectivity index (χ4v) is 3.91. The van der Waals surface area contributed by atoms with Crippen LogP contribution in [0.5, 0.6) is 0 Å². The zero-order valence-corrected chi connectivity index (χ0v) is 19.7. The summed E-state index contributed by atoms with van der Waals surface area (Å²) in [5.41, 5.74) is 2.26. The summed E-state index contributed by atoms with van der Waals surface area (Å²) >= 11 is 0. The van der Waals surface area contributed by atoms with Crippen LogP contribution in [0.4, 0.5) is 20.8 Å². The van der Waals surface area contributed by atoms with Crippen molar-refractivity contribution in [1.29, 1.82) is 0 Å². The van der Waals surface area contributed by atoms with E-state index in [-0.39, 0.29) is 13.0 Å². The highest BCUT2D eigenvalue weighted by atomic mass is 19.1. The number of imidazole rings is 1. The van der Waals surface area contributed by atoms with Gasteiger partial charge in [0.05, 0.1) is 30.2 Å². The lowest BCUT2D eigenvalue weighted by Crippen LogP contribution is -2.55. The van der Waals surface area contributed by atoms with Crippen LogP contribution in [0.1, 0.15) is 38.6 Å². The minimum Gasteiger partial charge on any atom is -0.444 e. The molecule has 0 aliphatic carbocycles. The number of nitrogens with one attached hydrogen (secondary N) is 1. The highest BCUT2D eigenvalue weighted by Gasteiger charge is 2.34. The number of nitrogens with zero attached hydrogens (tertiary/aromatic N) is 6. The largest absolute Gasteiger partial charge is 0.444 e. The molecule has 178 valence electrons. The second-order valence-corrected chi connectivity index (χ2v) is 9.46. The Labute approximate surface area is 197 Å². The number of benzene rings is 1. The van der Waals surface area contributed by atoms with Crippen LogP contribution in [0, 0.1) is 13.5 Å². The molecule has 1 aromatic carbocycles. The van der Waals surface area contributed by atoms with E-state index in [2.05, 4.69) is 20.1 Å². The van der Waals surface area contributed by atoms with Crippen molar-refractivity contribution >= 4 is 28.8 Å². The Morgan fingerprint density at radius 3 is 2.74 bits per heavy atom. The van der Waals surface area contributed by atoms with Gasteiger partial charge in [-0.15, -0.1) is 0 Å². The molecule has 2 aromatic heterocycles. The van der Waals surface area contributed by atoms with Gasteiger partial charge < -0.3 is 19.5 Å². The Bertz CT molecular complexity index is 1230. The molecule has 0 spiro atoms. The number of hydrogen-bond acceptors (Lipinski definition) is 6. The van der Waals surface area contributed by atoms with Crippen molar-refractivity contribution in [2.24, 2.45) is 0 Å². The maximum atomic E-state index is 14.7. The molecule has 3 aromatic rings. The quantitative estimate of drug-likeness (QED) is 0.582. The van der Waals surface area contributed by atoms with Gasteiger partial charge in [0.2, 0.25) is 5.95 Å². The first-order valence-corrected chi connectivity index (χ1v) is 11.2. The molecule has 1 aliphatic rings. The third-order valence-electron chi connectivity index (χ3n) is 5.49. The van der Waals surface area contributed by atoms with Gasteiger partial charge in [0.1, 0.15) is 17.6 Å². The number of carbonyl (C=O) groups is 1. The van der Waals surface area contributed by atoms with Crippen LogP contribution < -0.4 is 10.2 Å². The second kappa shape index (κ2) is 9.25. The maximum absolute atomic E-state index is 14.7. The molecule has 1 fully saturated rings. The Hall–Kier alpha value is -3.74. The van der Waals surface area contributed by atoms with Crippen molar-refractivity contribution in [3.05, 3.63) is 53.4 Å². The molecule has 0 saturated carbocycles. The summed E-state index contributed by atoms with van der Waals surface area (Å²) < 4.78 is 22.0. The van der Waals surface area contributed by atoms with Gasteiger partial charge >= 0.3 is 6.09 Å². The topological polar surface area (TPSA) is 89.5 Å². The van der Waals surface area contributed by atoms with Gasteiger partial charge in [-0.1, -0.05) is 6.07 Å². The predicted octanol–water partition coefficient (Wildman–Crippen LogP) is 4.18. The average molecular weight is 466 g/mol. The number of aryl methyl sites for hydroxylation is 1. The molecule has 3 heterocycles. The van der Waals surface area contributed by atoms with Crippen molar-refractivity contribution in [3.8, 4) is 0 Å². The van der Waals surface area contributed by atoms with Crippen LogP contribution in [-0.2, 0) is 11.3 Å². The fraction of sp³-hybridized carbons (Fsp3) is 0.458. The van der Waals surface area contributed by atoms with E-state index in [0.29, 0.717) is 36.1 Å². The van der Waals surface area contributed by atoms with Crippen molar-refractivity contribution in [1.82, 2.24) is 24.8 Å². The summed E-state index contributed by atoms with van der Waals surface area (Å²) in [5, 5.41) is 2.67. The zero-order chi connectivity index (χ0) is 24.5. The van der Waals surface area contributed by atoms with E-state index in [9.17, 15) is 9.18 Å². The summed E-state index contributed by atoms with van der Waals surface area (Å²) in [6, 6.07) is 4.56. The molecular formula is C24H28FN7O2. The summed E-state index contributed by atoms with van der Waals surface area (Å²) in [7, 11) is 0. The molecule has 9 nitrogen and oxygen atoms in total. The fourth-order valence-electron chi connectivity index (χ4n) is 3.91. The maximum Gasteiger partial charge on any atom is 0.408 e. The van der Waals surface area contributed by atoms with Gasteiger partial charge in [-0.25, -0.2) is 29.0 Å². The first kappa shape index (κ1) is 23.4. The lowest BCUT2D eigenvalue weighted by atomic mass is 10.0. The number of anilines is 1. The van der Waals surface area contributed by atoms with Crippen LogP contribution in [0.3, 0.4) is 0 Å². The molecule has 1 aliphatic heterocycles. The minimum atomic E-state index is -1.20. The lowest BCUT2D eigenvalue weighted by Gasteiger charge is -2.36. The van der Waals surface area contributed by atoms with Crippen LogP contribution in [0.15, 0.2) is 30.6 Å². The monoisotopic (exact) mass is 465 g/mol. The lowest BCUT2D eigenvalue weighted by molar-refractivity contribution is 0.0465. The predicted molar refractivity (Wildman–Crippen MR) is 127 cm³/mol. The van der Waals surface area contributed by atoms with Crippen molar-refractivity contribution in [2.45, 2.75) is 58.5 Å². The number of halogens is 1. The standard InChI is InChI=1S/C24H28FN7O2/c1-15-11-27-21(28-12-15)14-32-20-10-16(26-5)6-7-18(20)29-22(32)31-9-8-17(25)19(13-31)30-23(33)34-24(2,3)4/h6-7,10-12,17,19H,8-9,13-14H2,1-4H3,(H,30,33)/t17-,19-/m1/s1. The number of alkyl halides is 1. The van der Waals surface area contributed by atoms with Crippen LogP contribution in [0.25, 0.3) is 15.9 Å². The number of rotatable bonds is 4. The molecule has 0 radical (unpaired) electrons. The third kappa shape index (κ3) is 5.25. The van der Waals surface area contributed by atoms with E-state index >= 15 is 0 Å². The number of fused-ring (bicyclic) bond motifs is 1. The molecule has 1 saturated heterocycles. The van der Waals surface area contributed by atoms with Crippen LogP contribution in [0.2, 0.25) is 0 Å². The summed E-state index contributed by atoms with van der Waals surface area (Å²) in [5.74, 6) is 1.22. The Morgan fingerprint density at radius 1 is 1.32 bits per heavy atom. The van der Waals surface area contributed by atoms with Crippen molar-refractivity contribution < 1.29 is 13.9 Å². The van der Waals surface area contributed by atoms with E-state index in [4.69, 9.17) is 16.3 Å². The molecule has 10 heteroatoms. The first-order valence-electron chi connectivity index (χ1n) is 11.2. The number of carbonyl (C=O) groups excluding carboxylic acids is 1. The Kier molecular flexibility index (Phi) is 6.37. The Balaban J connectivity index is 1.66. The number of hydrogen-bond donors (Lipinski definition) is 1. The van der Waals surface area contributed by atoms with E-state index < -0.39 is 23.9 Å². The van der Waals surface area contributed by atoms with Gasteiger partial charge in [0.15, 0.2) is 5.69 Å². The van der Waals surface area contributed by atoms with Gasteiger partial charge in [-0.05, 0) is 51.8 Å². The minimum absolute atomic E-state index is 0.230. The number of amides is 1. The summed E-state index contributed by atoms with van der Waals surface area (Å²) in [6.45, 7) is 15.6. The SMILES string of the molecule is [C-]#[N+]c1ccc2nc(N3CC[C@@H](F)[C@H](NC(=O)OC(C)(C)C)C3)n(Cc3ncc(C)cn3)c2c1. The number of ether oxygens (including phenoxy) is 1. The Morgan fingerprint density at radius 2 is 2.06 bits per heavy atom. The highest BCUT2D eigenvalue weighted by molar-refractivity contribution is 5.83. The number of piperidine rings is 1. The van der Waals surface area contributed by atoms with Gasteiger partial charge in [0.25, 0.3) is 0 Å². The van der Waals surface area contributed by atoms with E-state index in [1.54, 1.807) is 51.4 Å². The molecule has 0 bridgehead atoms. The molecule has 1 N–H and O–H groups in total. The average Bonchev–Trinajstić information content (AvgIpc) is 3.13. The number of alkyl carbamates (subject to hydrolysis) is 1. The number of aromatic nitrogens is 4. The molecule has 1 amide bonds. The first-order chi connectivity index (χ1) is 16.1. The zero-order valence-electron chi connectivity index (χ0n) is 19.7. The molecule has 4 rings (SSSR count). The molecule has 34 heavy (non-hydrogen) atoms. The molecular weight excluding hydrogens is 437 g/mol. The normalized spacial score (nSPS) is 18.5. The van der Waals surface area contributed by atoms with E-state index in [1.165, 1.54) is 0 Å². The smallest absolute Gasteiger partial charge is 0.408 e. The van der Waals surface area contributed by atoms with E-state index in [1.807, 2.05) is 16.4 Å². The summed E-state index contributed by atoms with van der Waals surface area (Å²) in [6.07, 6.45) is 1.89. The van der Waals surface area contributed by atoms with Crippen molar-refractivity contribution in [2.75, 3.05) is 18.0 Å². The van der Waals surface area contributed by atoms with E-state index in [0.717, 1.165) is 11.1 Å². The van der Waals surface area contributed by atoms with Gasteiger partial charge in [-0.3, -0.25) is 0 Å². The van der Waals surface area contributed by atoms with Crippen molar-refractivity contribution in [3.63, 3.8) is 0 Å².